The van der Waals surface area contributed by atoms with Gasteiger partial charge in [-0.25, -0.2) is 0 Å². The van der Waals surface area contributed by atoms with E-state index in [0.717, 1.165) is 25.9 Å². The van der Waals surface area contributed by atoms with E-state index < -0.39 is 5.60 Å². The first kappa shape index (κ1) is 12.3. The van der Waals surface area contributed by atoms with Crippen LogP contribution in [0.2, 0.25) is 0 Å². The lowest BCUT2D eigenvalue weighted by atomic mass is 9.84. The number of nitrogens with zero attached hydrogens (tertiary/aromatic N) is 1. The van der Waals surface area contributed by atoms with Crippen molar-refractivity contribution < 1.29 is 5.11 Å². The maximum Gasteiger partial charge on any atom is 0.0774 e. The standard InChI is InChI=1S/C13H26N2O/c1-15(10-12-6-5-9-14-12)11-13(16)7-3-2-4-8-13/h12,14,16H,2-11H2,1H3. The largest absolute Gasteiger partial charge is 0.389 e. The van der Waals surface area contributed by atoms with Crippen LogP contribution in [0.5, 0.6) is 0 Å². The Morgan fingerprint density at radius 3 is 2.62 bits per heavy atom. The summed E-state index contributed by atoms with van der Waals surface area (Å²) in [6, 6.07) is 0.650. The highest BCUT2D eigenvalue weighted by Gasteiger charge is 2.31. The molecule has 16 heavy (non-hydrogen) atoms. The molecule has 1 heterocycles. The molecule has 1 aliphatic carbocycles. The molecule has 0 amide bonds. The zero-order chi connectivity index (χ0) is 11.4. The first-order valence-electron chi connectivity index (χ1n) is 6.82. The van der Waals surface area contributed by atoms with Crippen molar-refractivity contribution >= 4 is 0 Å². The molecule has 94 valence electrons. The van der Waals surface area contributed by atoms with Crippen LogP contribution in [0, 0.1) is 0 Å². The molecule has 3 nitrogen and oxygen atoms in total. The molecule has 0 aromatic carbocycles. The van der Waals surface area contributed by atoms with Crippen molar-refractivity contribution in [3.63, 3.8) is 0 Å². The minimum Gasteiger partial charge on any atom is -0.389 e. The fourth-order valence-electron chi connectivity index (χ4n) is 3.22. The van der Waals surface area contributed by atoms with Gasteiger partial charge in [-0.05, 0) is 39.3 Å². The average molecular weight is 226 g/mol. The summed E-state index contributed by atoms with van der Waals surface area (Å²) in [7, 11) is 2.15. The van der Waals surface area contributed by atoms with E-state index in [1.807, 2.05) is 0 Å². The van der Waals surface area contributed by atoms with E-state index in [0.29, 0.717) is 6.04 Å². The quantitative estimate of drug-likeness (QED) is 0.760. The highest BCUT2D eigenvalue weighted by Crippen LogP contribution is 2.28. The lowest BCUT2D eigenvalue weighted by Gasteiger charge is -2.36. The van der Waals surface area contributed by atoms with E-state index in [-0.39, 0.29) is 0 Å². The van der Waals surface area contributed by atoms with Crippen LogP contribution in [-0.4, -0.2) is 48.3 Å². The predicted octanol–water partition coefficient (Wildman–Crippen LogP) is 1.37. The van der Waals surface area contributed by atoms with E-state index >= 15 is 0 Å². The molecule has 1 saturated carbocycles. The molecule has 0 aromatic heterocycles. The molecule has 0 bridgehead atoms. The molecule has 0 spiro atoms. The molecule has 1 atom stereocenters. The fraction of sp³-hybridized carbons (Fsp3) is 1.00. The van der Waals surface area contributed by atoms with Gasteiger partial charge in [0.15, 0.2) is 0 Å². The number of nitrogens with one attached hydrogen (secondary N) is 1. The minimum atomic E-state index is -0.397. The third-order valence-corrected chi connectivity index (χ3v) is 4.04. The van der Waals surface area contributed by atoms with Crippen molar-refractivity contribution in [2.75, 3.05) is 26.7 Å². The van der Waals surface area contributed by atoms with Crippen molar-refractivity contribution in [3.8, 4) is 0 Å². The Morgan fingerprint density at radius 1 is 1.25 bits per heavy atom. The molecule has 1 aliphatic heterocycles. The van der Waals surface area contributed by atoms with Crippen LogP contribution < -0.4 is 5.32 Å². The summed E-state index contributed by atoms with van der Waals surface area (Å²) in [6.07, 6.45) is 8.30. The Balaban J connectivity index is 1.74. The summed E-state index contributed by atoms with van der Waals surface area (Å²) in [5.41, 5.74) is -0.397. The van der Waals surface area contributed by atoms with Crippen molar-refractivity contribution in [2.45, 2.75) is 56.6 Å². The van der Waals surface area contributed by atoms with Gasteiger partial charge in [0, 0.05) is 19.1 Å². The van der Waals surface area contributed by atoms with Crippen LogP contribution >= 0.6 is 0 Å². The van der Waals surface area contributed by atoms with Crippen LogP contribution in [0.4, 0.5) is 0 Å². The van der Waals surface area contributed by atoms with Crippen LogP contribution in [-0.2, 0) is 0 Å². The second-order valence-electron chi connectivity index (χ2n) is 5.78. The van der Waals surface area contributed by atoms with E-state index in [9.17, 15) is 5.11 Å². The van der Waals surface area contributed by atoms with Crippen molar-refractivity contribution in [1.29, 1.82) is 0 Å². The van der Waals surface area contributed by atoms with Crippen LogP contribution in [0.1, 0.15) is 44.9 Å². The van der Waals surface area contributed by atoms with Gasteiger partial charge in [-0.1, -0.05) is 19.3 Å². The molecular formula is C13H26N2O. The summed E-state index contributed by atoms with van der Waals surface area (Å²) < 4.78 is 0. The van der Waals surface area contributed by atoms with Crippen LogP contribution in [0.25, 0.3) is 0 Å². The van der Waals surface area contributed by atoms with Crippen LogP contribution in [0.15, 0.2) is 0 Å². The Labute approximate surface area is 99.2 Å². The normalized spacial score (nSPS) is 29.8. The monoisotopic (exact) mass is 226 g/mol. The van der Waals surface area contributed by atoms with Gasteiger partial charge in [0.1, 0.15) is 0 Å². The van der Waals surface area contributed by atoms with Gasteiger partial charge in [-0.15, -0.1) is 0 Å². The summed E-state index contributed by atoms with van der Waals surface area (Å²) in [4.78, 5) is 2.31. The molecule has 3 heteroatoms. The smallest absolute Gasteiger partial charge is 0.0774 e. The summed E-state index contributed by atoms with van der Waals surface area (Å²) in [5.74, 6) is 0. The third-order valence-electron chi connectivity index (χ3n) is 4.04. The zero-order valence-corrected chi connectivity index (χ0v) is 10.5. The summed E-state index contributed by atoms with van der Waals surface area (Å²) in [6.45, 7) is 3.11. The van der Waals surface area contributed by atoms with Gasteiger partial charge in [0.2, 0.25) is 0 Å². The van der Waals surface area contributed by atoms with Gasteiger partial charge in [0.25, 0.3) is 0 Å². The van der Waals surface area contributed by atoms with Gasteiger partial charge >= 0.3 is 0 Å². The predicted molar refractivity (Wildman–Crippen MR) is 66.6 cm³/mol. The van der Waals surface area contributed by atoms with Gasteiger partial charge in [-0.3, -0.25) is 0 Å². The topological polar surface area (TPSA) is 35.5 Å². The molecule has 2 fully saturated rings. The molecule has 1 unspecified atom stereocenters. The zero-order valence-electron chi connectivity index (χ0n) is 10.5. The number of rotatable bonds is 4. The highest BCUT2D eigenvalue weighted by molar-refractivity contribution is 4.86. The van der Waals surface area contributed by atoms with E-state index in [2.05, 4.69) is 17.3 Å². The summed E-state index contributed by atoms with van der Waals surface area (Å²) >= 11 is 0. The fourth-order valence-corrected chi connectivity index (χ4v) is 3.22. The van der Waals surface area contributed by atoms with E-state index in [4.69, 9.17) is 0 Å². The molecular weight excluding hydrogens is 200 g/mol. The maximum atomic E-state index is 10.5. The Hall–Kier alpha value is -0.120. The number of likely N-dealkylation sites (N-methyl/N-ethyl adjacent to an activating group) is 1. The number of aliphatic hydroxyl groups is 1. The Morgan fingerprint density at radius 2 is 2.00 bits per heavy atom. The van der Waals surface area contributed by atoms with Crippen molar-refractivity contribution in [1.82, 2.24) is 10.2 Å². The SMILES string of the molecule is CN(CC1CCCN1)CC1(O)CCCCC1. The second kappa shape index (κ2) is 5.48. The average Bonchev–Trinajstić information content (AvgIpc) is 2.70. The number of hydrogen-bond donors (Lipinski definition) is 2. The summed E-state index contributed by atoms with van der Waals surface area (Å²) in [5, 5.41) is 14.0. The minimum absolute atomic E-state index is 0.397. The molecule has 2 N–H and O–H groups in total. The number of hydrogen-bond acceptors (Lipinski definition) is 3. The first-order chi connectivity index (χ1) is 7.68. The molecule has 0 aromatic rings. The molecule has 2 aliphatic rings. The van der Waals surface area contributed by atoms with Crippen molar-refractivity contribution in [3.05, 3.63) is 0 Å². The highest BCUT2D eigenvalue weighted by atomic mass is 16.3. The molecule has 0 radical (unpaired) electrons. The van der Waals surface area contributed by atoms with Gasteiger partial charge in [0.05, 0.1) is 5.60 Å². The maximum absolute atomic E-state index is 10.5. The first-order valence-corrected chi connectivity index (χ1v) is 6.82. The lowest BCUT2D eigenvalue weighted by Crippen LogP contribution is -2.46. The second-order valence-corrected chi connectivity index (χ2v) is 5.78. The lowest BCUT2D eigenvalue weighted by molar-refractivity contribution is -0.0219. The van der Waals surface area contributed by atoms with Gasteiger partial charge in [-0.2, -0.15) is 0 Å². The van der Waals surface area contributed by atoms with E-state index in [1.54, 1.807) is 0 Å². The van der Waals surface area contributed by atoms with Crippen LogP contribution in [0.3, 0.4) is 0 Å². The van der Waals surface area contributed by atoms with Gasteiger partial charge < -0.3 is 15.3 Å². The Kier molecular flexibility index (Phi) is 4.22. The van der Waals surface area contributed by atoms with Crippen molar-refractivity contribution in [2.24, 2.45) is 0 Å². The molecule has 2 rings (SSSR count). The Bertz CT molecular complexity index is 208. The third kappa shape index (κ3) is 3.44. The van der Waals surface area contributed by atoms with E-state index in [1.165, 1.54) is 38.6 Å². The molecule has 1 saturated heterocycles.